The van der Waals surface area contributed by atoms with Crippen LogP contribution >= 0.6 is 11.8 Å². The standard InChI is InChI=1S/C23H26N2O4S/c1-5-17-8-6-7-14(2)21(17)25-22(27)16(4)30-19-11-9-18(10-12-19)24-20(26)13-15(3)23(28)29/h6-13,16H,5H2,1-4H3,(H,24,26)(H,25,27)(H,28,29)/b15-13+/t16-/m0/s1. The van der Waals surface area contributed by atoms with Crippen LogP contribution in [0.5, 0.6) is 0 Å². The van der Waals surface area contributed by atoms with Crippen LogP contribution in [0.15, 0.2) is 59.0 Å². The molecule has 158 valence electrons. The molecule has 0 radical (unpaired) electrons. The Kier molecular flexibility index (Phi) is 8.24. The topological polar surface area (TPSA) is 95.5 Å². The van der Waals surface area contributed by atoms with Crippen molar-refractivity contribution < 1.29 is 19.5 Å². The van der Waals surface area contributed by atoms with Crippen molar-refractivity contribution in [2.24, 2.45) is 0 Å². The number of anilines is 2. The Bertz CT molecular complexity index is 968. The zero-order chi connectivity index (χ0) is 22.3. The number of carboxylic acid groups (broad SMARTS) is 1. The largest absolute Gasteiger partial charge is 0.478 e. The number of carbonyl (C=O) groups excluding carboxylic acids is 2. The molecule has 2 rings (SSSR count). The van der Waals surface area contributed by atoms with Gasteiger partial charge in [-0.25, -0.2) is 4.79 Å². The second kappa shape index (κ2) is 10.6. The van der Waals surface area contributed by atoms with Crippen molar-refractivity contribution >= 4 is 40.9 Å². The first kappa shape index (κ1) is 23.2. The van der Waals surface area contributed by atoms with E-state index in [-0.39, 0.29) is 16.7 Å². The zero-order valence-electron chi connectivity index (χ0n) is 17.5. The molecular weight excluding hydrogens is 400 g/mol. The van der Waals surface area contributed by atoms with Crippen LogP contribution in [0, 0.1) is 6.92 Å². The Hall–Kier alpha value is -3.06. The van der Waals surface area contributed by atoms with E-state index in [0.717, 1.165) is 34.2 Å². The summed E-state index contributed by atoms with van der Waals surface area (Å²) in [5, 5.41) is 14.2. The maximum Gasteiger partial charge on any atom is 0.331 e. The van der Waals surface area contributed by atoms with Crippen molar-refractivity contribution in [1.82, 2.24) is 0 Å². The van der Waals surface area contributed by atoms with Gasteiger partial charge in [-0.3, -0.25) is 9.59 Å². The maximum atomic E-state index is 12.7. The molecule has 0 aromatic heterocycles. The minimum Gasteiger partial charge on any atom is -0.478 e. The first-order chi connectivity index (χ1) is 14.2. The van der Waals surface area contributed by atoms with Gasteiger partial charge in [-0.2, -0.15) is 0 Å². The highest BCUT2D eigenvalue weighted by Crippen LogP contribution is 2.27. The molecule has 0 heterocycles. The van der Waals surface area contributed by atoms with E-state index in [0.29, 0.717) is 5.69 Å². The molecule has 0 unspecified atom stereocenters. The minimum absolute atomic E-state index is 0.0422. The smallest absolute Gasteiger partial charge is 0.331 e. The number of thioether (sulfide) groups is 1. The Morgan fingerprint density at radius 1 is 1.10 bits per heavy atom. The van der Waals surface area contributed by atoms with Crippen LogP contribution in [0.3, 0.4) is 0 Å². The number of carboxylic acids is 1. The Balaban J connectivity index is 1.98. The second-order valence-electron chi connectivity index (χ2n) is 6.86. The van der Waals surface area contributed by atoms with Gasteiger partial charge in [0.15, 0.2) is 0 Å². The average molecular weight is 427 g/mol. The summed E-state index contributed by atoms with van der Waals surface area (Å²) in [6, 6.07) is 13.0. The number of carbonyl (C=O) groups is 3. The van der Waals surface area contributed by atoms with Gasteiger partial charge in [0.1, 0.15) is 0 Å². The van der Waals surface area contributed by atoms with E-state index in [9.17, 15) is 14.4 Å². The van der Waals surface area contributed by atoms with E-state index in [1.54, 1.807) is 12.1 Å². The molecule has 0 saturated carbocycles. The van der Waals surface area contributed by atoms with E-state index < -0.39 is 11.9 Å². The predicted molar refractivity (Wildman–Crippen MR) is 121 cm³/mol. The molecule has 0 aliphatic heterocycles. The second-order valence-corrected chi connectivity index (χ2v) is 8.27. The summed E-state index contributed by atoms with van der Waals surface area (Å²) in [4.78, 5) is 36.1. The van der Waals surface area contributed by atoms with Crippen LogP contribution in [0.2, 0.25) is 0 Å². The molecule has 2 aromatic rings. The number of hydrogen-bond donors (Lipinski definition) is 3. The summed E-state index contributed by atoms with van der Waals surface area (Å²) in [6.45, 7) is 7.24. The van der Waals surface area contributed by atoms with Gasteiger partial charge in [0.2, 0.25) is 11.8 Å². The number of hydrogen-bond acceptors (Lipinski definition) is 4. The third kappa shape index (κ3) is 6.49. The summed E-state index contributed by atoms with van der Waals surface area (Å²) in [5.41, 5.74) is 3.52. The normalized spacial score (nSPS) is 12.2. The molecule has 30 heavy (non-hydrogen) atoms. The van der Waals surface area contributed by atoms with Crippen molar-refractivity contribution in [3.63, 3.8) is 0 Å². The van der Waals surface area contributed by atoms with Crippen molar-refractivity contribution in [1.29, 1.82) is 0 Å². The average Bonchev–Trinajstić information content (AvgIpc) is 2.70. The first-order valence-corrected chi connectivity index (χ1v) is 10.5. The lowest BCUT2D eigenvalue weighted by Crippen LogP contribution is -2.23. The van der Waals surface area contributed by atoms with Gasteiger partial charge in [0.25, 0.3) is 0 Å². The molecule has 0 aliphatic rings. The quantitative estimate of drug-likeness (QED) is 0.422. The van der Waals surface area contributed by atoms with E-state index in [2.05, 4.69) is 17.6 Å². The summed E-state index contributed by atoms with van der Waals surface area (Å²) < 4.78 is 0. The van der Waals surface area contributed by atoms with Crippen LogP contribution in [-0.2, 0) is 20.8 Å². The molecule has 0 aliphatic carbocycles. The minimum atomic E-state index is -1.14. The van der Waals surface area contributed by atoms with Crippen molar-refractivity contribution in [2.75, 3.05) is 10.6 Å². The van der Waals surface area contributed by atoms with Crippen LogP contribution in [-0.4, -0.2) is 28.1 Å². The molecule has 0 bridgehead atoms. The maximum absolute atomic E-state index is 12.7. The first-order valence-electron chi connectivity index (χ1n) is 9.60. The number of aryl methyl sites for hydroxylation is 2. The summed E-state index contributed by atoms with van der Waals surface area (Å²) >= 11 is 1.42. The number of para-hydroxylation sites is 1. The predicted octanol–water partition coefficient (Wildman–Crippen LogP) is 4.65. The molecule has 6 nitrogen and oxygen atoms in total. The van der Waals surface area contributed by atoms with Crippen LogP contribution < -0.4 is 10.6 Å². The van der Waals surface area contributed by atoms with Gasteiger partial charge >= 0.3 is 5.97 Å². The molecule has 0 spiro atoms. The van der Waals surface area contributed by atoms with Crippen molar-refractivity contribution in [3.05, 3.63) is 65.2 Å². The Labute approximate surface area is 180 Å². The van der Waals surface area contributed by atoms with Crippen LogP contribution in [0.4, 0.5) is 11.4 Å². The third-order valence-corrected chi connectivity index (χ3v) is 5.59. The summed E-state index contributed by atoms with van der Waals surface area (Å²) in [5.74, 6) is -1.72. The van der Waals surface area contributed by atoms with E-state index >= 15 is 0 Å². The Morgan fingerprint density at radius 2 is 1.77 bits per heavy atom. The number of benzene rings is 2. The van der Waals surface area contributed by atoms with E-state index in [1.165, 1.54) is 18.7 Å². The lowest BCUT2D eigenvalue weighted by molar-refractivity contribution is -0.132. The molecule has 3 N–H and O–H groups in total. The number of nitrogens with one attached hydrogen (secondary N) is 2. The molecule has 7 heteroatoms. The zero-order valence-corrected chi connectivity index (χ0v) is 18.3. The number of aliphatic carboxylic acids is 1. The fraction of sp³-hybridized carbons (Fsp3) is 0.261. The molecule has 2 aromatic carbocycles. The molecular formula is C23H26N2O4S. The number of amides is 2. The van der Waals surface area contributed by atoms with Crippen LogP contribution in [0.25, 0.3) is 0 Å². The summed E-state index contributed by atoms with van der Waals surface area (Å²) in [7, 11) is 0. The number of rotatable bonds is 8. The van der Waals surface area contributed by atoms with Crippen LogP contribution in [0.1, 0.15) is 31.9 Å². The third-order valence-electron chi connectivity index (χ3n) is 4.48. The van der Waals surface area contributed by atoms with Gasteiger partial charge in [-0.1, -0.05) is 25.1 Å². The highest BCUT2D eigenvalue weighted by Gasteiger charge is 2.17. The van der Waals surface area contributed by atoms with E-state index in [1.807, 2.05) is 44.2 Å². The fourth-order valence-corrected chi connectivity index (χ4v) is 3.61. The van der Waals surface area contributed by atoms with Gasteiger partial charge in [0.05, 0.1) is 5.25 Å². The molecule has 1 atom stereocenters. The highest BCUT2D eigenvalue weighted by atomic mass is 32.2. The molecule has 0 fully saturated rings. The molecule has 0 saturated heterocycles. The van der Waals surface area contributed by atoms with Gasteiger partial charge in [0, 0.05) is 27.9 Å². The lowest BCUT2D eigenvalue weighted by atomic mass is 10.1. The lowest BCUT2D eigenvalue weighted by Gasteiger charge is -2.16. The van der Waals surface area contributed by atoms with Gasteiger partial charge in [-0.15, -0.1) is 11.8 Å². The van der Waals surface area contributed by atoms with Gasteiger partial charge < -0.3 is 15.7 Å². The Morgan fingerprint density at radius 3 is 2.37 bits per heavy atom. The van der Waals surface area contributed by atoms with Crippen molar-refractivity contribution in [3.8, 4) is 0 Å². The summed E-state index contributed by atoms with van der Waals surface area (Å²) in [6.07, 6.45) is 1.88. The fourth-order valence-electron chi connectivity index (χ4n) is 2.74. The van der Waals surface area contributed by atoms with Crippen molar-refractivity contribution in [2.45, 2.75) is 44.3 Å². The SMILES string of the molecule is CCc1cccc(C)c1NC(=O)[C@H](C)Sc1ccc(NC(=O)/C=C(\C)C(=O)O)cc1. The highest BCUT2D eigenvalue weighted by molar-refractivity contribution is 8.00. The molecule has 2 amide bonds. The van der Waals surface area contributed by atoms with Gasteiger partial charge in [-0.05, 0) is 62.6 Å². The van der Waals surface area contributed by atoms with E-state index in [4.69, 9.17) is 5.11 Å². The monoisotopic (exact) mass is 426 g/mol.